The lowest BCUT2D eigenvalue weighted by molar-refractivity contribution is -0.870. The maximum absolute atomic E-state index is 12.7. The summed E-state index contributed by atoms with van der Waals surface area (Å²) in [5.41, 5.74) is 0. The van der Waals surface area contributed by atoms with Gasteiger partial charge in [-0.3, -0.25) is 13.8 Å². The predicted molar refractivity (Wildman–Crippen MR) is 261 cm³/mol. The molecule has 2 unspecified atom stereocenters. The number of nitrogens with zero attached hydrogens (tertiary/aromatic N) is 1. The normalized spacial score (nSPS) is 14.7. The lowest BCUT2D eigenvalue weighted by Crippen LogP contribution is -2.37. The van der Waals surface area contributed by atoms with Crippen LogP contribution >= 0.6 is 7.82 Å². The van der Waals surface area contributed by atoms with Gasteiger partial charge in [0.25, 0.3) is 0 Å². The number of esters is 1. The average molecular weight is 871 g/mol. The maximum Gasteiger partial charge on any atom is 0.472 e. The van der Waals surface area contributed by atoms with Crippen LogP contribution in [0.25, 0.3) is 0 Å². The van der Waals surface area contributed by atoms with E-state index in [9.17, 15) is 14.3 Å². The van der Waals surface area contributed by atoms with Crippen LogP contribution < -0.4 is 0 Å². The lowest BCUT2D eigenvalue weighted by Gasteiger charge is -2.24. The SMILES string of the molecule is CC/C=C\C/C=C\C/C=C\C/C=C\C/C=C\CCCCCCCC(=O)OC(COCCCCCCC/C=C\C/C=C\C/C=C\C/C=C\CC)COP(=O)(O)OCC[N+](C)(C)C. The molecule has 9 heteroatoms. The molecule has 0 spiro atoms. The summed E-state index contributed by atoms with van der Waals surface area (Å²) in [5, 5.41) is 0. The first-order valence-electron chi connectivity index (χ1n) is 23.6. The minimum Gasteiger partial charge on any atom is -0.457 e. The second-order valence-electron chi connectivity index (χ2n) is 16.4. The van der Waals surface area contributed by atoms with Crippen LogP contribution in [0.2, 0.25) is 0 Å². The third kappa shape index (κ3) is 48.1. The van der Waals surface area contributed by atoms with Crippen LogP contribution in [0.1, 0.15) is 155 Å². The van der Waals surface area contributed by atoms with Crippen molar-refractivity contribution < 1.29 is 37.3 Å². The number of hydrogen-bond acceptors (Lipinski definition) is 6. The van der Waals surface area contributed by atoms with Gasteiger partial charge in [0.2, 0.25) is 0 Å². The molecule has 1 N–H and O–H groups in total. The number of ether oxygens (including phenoxy) is 2. The molecule has 0 radical (unpaired) electrons. The average Bonchev–Trinajstić information content (AvgIpc) is 3.22. The molecule has 0 bridgehead atoms. The largest absolute Gasteiger partial charge is 0.472 e. The van der Waals surface area contributed by atoms with Gasteiger partial charge in [0.1, 0.15) is 19.3 Å². The first-order chi connectivity index (χ1) is 29.6. The molecular formula is C52H89NO7P+. The third-order valence-electron chi connectivity index (χ3n) is 9.33. The monoisotopic (exact) mass is 871 g/mol. The molecule has 0 aromatic rings. The van der Waals surface area contributed by atoms with E-state index in [1.54, 1.807) is 0 Å². The molecule has 0 aliphatic carbocycles. The third-order valence-corrected chi connectivity index (χ3v) is 10.3. The topological polar surface area (TPSA) is 91.3 Å². The summed E-state index contributed by atoms with van der Waals surface area (Å²) in [4.78, 5) is 23.0. The van der Waals surface area contributed by atoms with Crippen LogP contribution in [0, 0.1) is 0 Å². The number of allylic oxidation sites excluding steroid dienone is 18. The Hall–Kier alpha value is -2.84. The van der Waals surface area contributed by atoms with Gasteiger partial charge < -0.3 is 18.9 Å². The number of quaternary nitrogens is 1. The van der Waals surface area contributed by atoms with Crippen LogP contribution in [-0.2, 0) is 27.9 Å². The molecular weight excluding hydrogens is 782 g/mol. The molecule has 0 saturated heterocycles. The predicted octanol–water partition coefficient (Wildman–Crippen LogP) is 14.4. The van der Waals surface area contributed by atoms with Gasteiger partial charge in [-0.2, -0.15) is 0 Å². The van der Waals surface area contributed by atoms with Gasteiger partial charge >= 0.3 is 13.8 Å². The maximum atomic E-state index is 12.7. The lowest BCUT2D eigenvalue weighted by atomic mass is 10.1. The van der Waals surface area contributed by atoms with Crippen molar-refractivity contribution in [2.75, 3.05) is 54.1 Å². The van der Waals surface area contributed by atoms with Gasteiger partial charge in [0.05, 0.1) is 34.4 Å². The zero-order valence-electron chi connectivity index (χ0n) is 39.4. The highest BCUT2D eigenvalue weighted by molar-refractivity contribution is 7.47. The van der Waals surface area contributed by atoms with Crippen molar-refractivity contribution in [2.24, 2.45) is 0 Å². The van der Waals surface area contributed by atoms with E-state index in [0.717, 1.165) is 122 Å². The summed E-state index contributed by atoms with van der Waals surface area (Å²) < 4.78 is 35.0. The number of unbranched alkanes of at least 4 members (excludes halogenated alkanes) is 10. The van der Waals surface area contributed by atoms with Gasteiger partial charge in [0, 0.05) is 13.0 Å². The van der Waals surface area contributed by atoms with Crippen LogP contribution in [0.3, 0.4) is 0 Å². The second kappa shape index (κ2) is 43.8. The molecule has 0 amide bonds. The number of phosphoric ester groups is 1. The van der Waals surface area contributed by atoms with Crippen LogP contribution in [0.4, 0.5) is 0 Å². The Bertz CT molecular complexity index is 1340. The summed E-state index contributed by atoms with van der Waals surface area (Å²) in [6, 6.07) is 0. The Labute approximate surface area is 374 Å². The molecule has 0 heterocycles. The molecule has 0 rings (SSSR count). The van der Waals surface area contributed by atoms with Gasteiger partial charge in [-0.05, 0) is 96.3 Å². The molecule has 348 valence electrons. The van der Waals surface area contributed by atoms with E-state index in [1.807, 2.05) is 21.1 Å². The quantitative estimate of drug-likeness (QED) is 0.0215. The molecule has 0 aromatic heterocycles. The molecule has 0 saturated carbocycles. The van der Waals surface area contributed by atoms with E-state index >= 15 is 0 Å². The van der Waals surface area contributed by atoms with Crippen LogP contribution in [0.15, 0.2) is 109 Å². The van der Waals surface area contributed by atoms with Crippen LogP contribution in [-0.4, -0.2) is 75.6 Å². The smallest absolute Gasteiger partial charge is 0.457 e. The Morgan fingerprint density at radius 3 is 1.34 bits per heavy atom. The van der Waals surface area contributed by atoms with E-state index in [4.69, 9.17) is 18.5 Å². The molecule has 2 atom stereocenters. The van der Waals surface area contributed by atoms with E-state index in [2.05, 4.69) is 123 Å². The minimum absolute atomic E-state index is 0.0734. The molecule has 0 aliphatic heterocycles. The Kier molecular flexibility index (Phi) is 41.8. The van der Waals surface area contributed by atoms with Gasteiger partial charge in [0.15, 0.2) is 0 Å². The Morgan fingerprint density at radius 1 is 0.508 bits per heavy atom. The van der Waals surface area contributed by atoms with Crippen molar-refractivity contribution in [1.29, 1.82) is 0 Å². The standard InChI is InChI=1S/C52H88NO7P/c1-6-8-10-12-14-16-18-20-22-24-26-27-28-29-31-33-35-37-39-41-43-45-52(54)60-51(50-59-61(55,56)58-48-46-53(3,4)5)49-57-47-44-42-40-38-36-34-32-30-25-23-21-19-17-15-13-11-9-7-2/h8-11,14-17,20-23,26-27,29-32,51H,6-7,12-13,18-19,24-25,28,33-50H2,1-5H3/p+1/b10-8-,11-9-,16-14-,17-15-,22-20-,23-21-,27-26-,31-29-,32-30-. The molecule has 0 aromatic carbocycles. The second-order valence-corrected chi connectivity index (χ2v) is 17.8. The van der Waals surface area contributed by atoms with E-state index in [1.165, 1.54) is 12.8 Å². The summed E-state index contributed by atoms with van der Waals surface area (Å²) in [7, 11) is 1.62. The number of hydrogen-bond donors (Lipinski definition) is 1. The van der Waals surface area contributed by atoms with Gasteiger partial charge in [-0.25, -0.2) is 4.57 Å². The molecule has 0 fully saturated rings. The van der Waals surface area contributed by atoms with Gasteiger partial charge in [-0.1, -0.05) is 162 Å². The number of rotatable bonds is 42. The number of carbonyl (C=O) groups excluding carboxylic acids is 1. The molecule has 8 nitrogen and oxygen atoms in total. The van der Waals surface area contributed by atoms with Gasteiger partial charge in [-0.15, -0.1) is 0 Å². The summed E-state index contributed by atoms with van der Waals surface area (Å²) in [5.74, 6) is -0.344. The fourth-order valence-electron chi connectivity index (χ4n) is 5.75. The highest BCUT2D eigenvalue weighted by Gasteiger charge is 2.26. The molecule has 61 heavy (non-hydrogen) atoms. The fourth-order valence-corrected chi connectivity index (χ4v) is 6.49. The highest BCUT2D eigenvalue weighted by Crippen LogP contribution is 2.43. The zero-order chi connectivity index (χ0) is 44.8. The number of carbonyl (C=O) groups is 1. The van der Waals surface area contributed by atoms with Crippen molar-refractivity contribution >= 4 is 13.8 Å². The van der Waals surface area contributed by atoms with Crippen molar-refractivity contribution in [3.8, 4) is 0 Å². The van der Waals surface area contributed by atoms with Crippen molar-refractivity contribution in [3.05, 3.63) is 109 Å². The Morgan fingerprint density at radius 2 is 0.902 bits per heavy atom. The summed E-state index contributed by atoms with van der Waals surface area (Å²) >= 11 is 0. The zero-order valence-corrected chi connectivity index (χ0v) is 40.2. The number of phosphoric acid groups is 1. The number of likely N-dealkylation sites (N-methyl/N-ethyl adjacent to an activating group) is 1. The minimum atomic E-state index is -4.30. The van der Waals surface area contributed by atoms with E-state index in [0.29, 0.717) is 24.1 Å². The van der Waals surface area contributed by atoms with Crippen LogP contribution in [0.5, 0.6) is 0 Å². The van der Waals surface area contributed by atoms with Crippen molar-refractivity contribution in [1.82, 2.24) is 0 Å². The van der Waals surface area contributed by atoms with Crippen molar-refractivity contribution in [2.45, 2.75) is 161 Å². The van der Waals surface area contributed by atoms with E-state index in [-0.39, 0.29) is 25.8 Å². The first kappa shape index (κ1) is 58.2. The first-order valence-corrected chi connectivity index (χ1v) is 25.1. The highest BCUT2D eigenvalue weighted by atomic mass is 31.2. The Balaban J connectivity index is 4.31. The van der Waals surface area contributed by atoms with E-state index < -0.39 is 13.9 Å². The molecule has 0 aliphatic rings. The fraction of sp³-hybridized carbons (Fsp3) is 0.635. The summed E-state index contributed by atoms with van der Waals surface area (Å²) in [6.45, 7) is 5.29. The summed E-state index contributed by atoms with van der Waals surface area (Å²) in [6.07, 6.45) is 61.2. The van der Waals surface area contributed by atoms with Crippen molar-refractivity contribution in [3.63, 3.8) is 0 Å².